The molecular formula is C18H15ClN4O4S. The number of amides is 1. The SMILES string of the molecule is Cl.O=C(CSc1ncc[nH]1)Nc1ccc([N+](=O)[O-])cc1C(=O)c1ccccc1. The first-order chi connectivity index (χ1) is 13.0. The number of imidazole rings is 1. The average Bonchev–Trinajstić information content (AvgIpc) is 3.20. The van der Waals surface area contributed by atoms with Crippen LogP contribution in [0, 0.1) is 10.1 Å². The van der Waals surface area contributed by atoms with Gasteiger partial charge in [0.05, 0.1) is 21.9 Å². The minimum Gasteiger partial charge on any atom is -0.340 e. The van der Waals surface area contributed by atoms with Crippen LogP contribution in [0.1, 0.15) is 15.9 Å². The average molecular weight is 419 g/mol. The van der Waals surface area contributed by atoms with Crippen molar-refractivity contribution in [2.24, 2.45) is 0 Å². The van der Waals surface area contributed by atoms with Gasteiger partial charge in [0, 0.05) is 30.1 Å². The number of H-pyrrole nitrogens is 1. The molecule has 0 unspecified atom stereocenters. The van der Waals surface area contributed by atoms with E-state index >= 15 is 0 Å². The zero-order valence-electron chi connectivity index (χ0n) is 14.3. The molecule has 0 aliphatic rings. The van der Waals surface area contributed by atoms with Crippen molar-refractivity contribution in [2.45, 2.75) is 5.16 Å². The van der Waals surface area contributed by atoms with E-state index in [1.54, 1.807) is 42.7 Å². The summed E-state index contributed by atoms with van der Waals surface area (Å²) in [5, 5.41) is 14.3. The molecule has 144 valence electrons. The zero-order valence-corrected chi connectivity index (χ0v) is 16.0. The van der Waals surface area contributed by atoms with Gasteiger partial charge in [-0.15, -0.1) is 12.4 Å². The number of hydrogen-bond acceptors (Lipinski definition) is 6. The van der Waals surface area contributed by atoms with Gasteiger partial charge < -0.3 is 10.3 Å². The van der Waals surface area contributed by atoms with Crippen LogP contribution < -0.4 is 5.32 Å². The smallest absolute Gasteiger partial charge is 0.270 e. The number of aromatic nitrogens is 2. The van der Waals surface area contributed by atoms with Crippen molar-refractivity contribution in [2.75, 3.05) is 11.1 Å². The molecule has 0 saturated heterocycles. The molecule has 0 aliphatic carbocycles. The maximum absolute atomic E-state index is 12.8. The lowest BCUT2D eigenvalue weighted by molar-refractivity contribution is -0.384. The summed E-state index contributed by atoms with van der Waals surface area (Å²) in [4.78, 5) is 42.4. The largest absolute Gasteiger partial charge is 0.340 e. The fourth-order valence-electron chi connectivity index (χ4n) is 2.34. The summed E-state index contributed by atoms with van der Waals surface area (Å²) in [5.41, 5.74) is 0.432. The third kappa shape index (κ3) is 5.18. The van der Waals surface area contributed by atoms with Gasteiger partial charge >= 0.3 is 0 Å². The quantitative estimate of drug-likeness (QED) is 0.261. The van der Waals surface area contributed by atoms with Gasteiger partial charge in [0.25, 0.3) is 5.69 Å². The Morgan fingerprint density at radius 3 is 2.57 bits per heavy atom. The monoisotopic (exact) mass is 418 g/mol. The lowest BCUT2D eigenvalue weighted by Gasteiger charge is -2.10. The van der Waals surface area contributed by atoms with Crippen molar-refractivity contribution >= 4 is 47.2 Å². The summed E-state index contributed by atoms with van der Waals surface area (Å²) >= 11 is 1.20. The summed E-state index contributed by atoms with van der Waals surface area (Å²) < 4.78 is 0. The molecule has 0 spiro atoms. The standard InChI is InChI=1S/C18H14N4O4S.ClH/c23-16(11-27-18-19-8-9-20-18)21-15-7-6-13(22(25)26)10-14(15)17(24)12-4-2-1-3-5-12;/h1-10H,11H2,(H,19,20)(H,21,23);1H. The molecule has 0 bridgehead atoms. The lowest BCUT2D eigenvalue weighted by Crippen LogP contribution is -2.17. The van der Waals surface area contributed by atoms with Gasteiger partial charge in [-0.2, -0.15) is 0 Å². The lowest BCUT2D eigenvalue weighted by atomic mass is 10.0. The van der Waals surface area contributed by atoms with E-state index in [9.17, 15) is 19.7 Å². The van der Waals surface area contributed by atoms with Crippen LogP contribution in [-0.2, 0) is 4.79 Å². The molecule has 0 fully saturated rings. The molecule has 3 rings (SSSR count). The van der Waals surface area contributed by atoms with Crippen molar-refractivity contribution in [1.82, 2.24) is 9.97 Å². The molecule has 1 amide bonds. The molecule has 0 radical (unpaired) electrons. The number of benzene rings is 2. The first kappa shape index (κ1) is 21.1. The summed E-state index contributed by atoms with van der Waals surface area (Å²) in [6, 6.07) is 12.2. The fraction of sp³-hybridized carbons (Fsp3) is 0.0556. The molecule has 10 heteroatoms. The number of rotatable bonds is 7. The highest BCUT2D eigenvalue weighted by molar-refractivity contribution is 7.99. The number of anilines is 1. The van der Waals surface area contributed by atoms with Gasteiger partial charge in [0.2, 0.25) is 5.91 Å². The third-order valence-electron chi connectivity index (χ3n) is 3.58. The Hall–Kier alpha value is -3.17. The molecule has 2 aromatic carbocycles. The van der Waals surface area contributed by atoms with E-state index in [0.29, 0.717) is 10.7 Å². The Kier molecular flexibility index (Phi) is 7.30. The Bertz CT molecular complexity index is 981. The van der Waals surface area contributed by atoms with E-state index in [4.69, 9.17) is 0 Å². The predicted molar refractivity (Wildman–Crippen MR) is 108 cm³/mol. The number of ketones is 1. The minimum absolute atomic E-state index is 0. The molecule has 1 heterocycles. The Morgan fingerprint density at radius 2 is 1.93 bits per heavy atom. The normalized spacial score (nSPS) is 10.0. The molecule has 3 aromatic rings. The third-order valence-corrected chi connectivity index (χ3v) is 4.49. The van der Waals surface area contributed by atoms with Crippen LogP contribution in [-0.4, -0.2) is 32.3 Å². The molecule has 2 N–H and O–H groups in total. The minimum atomic E-state index is -0.583. The van der Waals surface area contributed by atoms with E-state index in [2.05, 4.69) is 15.3 Å². The van der Waals surface area contributed by atoms with E-state index in [0.717, 1.165) is 0 Å². The van der Waals surface area contributed by atoms with Gasteiger partial charge in [-0.25, -0.2) is 4.98 Å². The van der Waals surface area contributed by atoms with Crippen LogP contribution in [0.5, 0.6) is 0 Å². The van der Waals surface area contributed by atoms with Gasteiger partial charge in [-0.1, -0.05) is 42.1 Å². The number of nitro groups is 1. The highest BCUT2D eigenvalue weighted by Crippen LogP contribution is 2.25. The van der Waals surface area contributed by atoms with Gasteiger partial charge in [-0.3, -0.25) is 19.7 Å². The topological polar surface area (TPSA) is 118 Å². The van der Waals surface area contributed by atoms with Crippen LogP contribution in [0.4, 0.5) is 11.4 Å². The van der Waals surface area contributed by atoms with Crippen LogP contribution in [0.15, 0.2) is 66.1 Å². The van der Waals surface area contributed by atoms with Crippen LogP contribution in [0.2, 0.25) is 0 Å². The summed E-state index contributed by atoms with van der Waals surface area (Å²) in [5.74, 6) is -0.690. The van der Waals surface area contributed by atoms with Crippen molar-refractivity contribution < 1.29 is 14.5 Å². The van der Waals surface area contributed by atoms with Gasteiger partial charge in [-0.05, 0) is 6.07 Å². The van der Waals surface area contributed by atoms with E-state index in [1.165, 1.54) is 30.0 Å². The number of nitrogens with zero attached hydrogens (tertiary/aromatic N) is 2. The van der Waals surface area contributed by atoms with Gasteiger partial charge in [0.1, 0.15) is 0 Å². The second-order valence-electron chi connectivity index (χ2n) is 5.41. The number of non-ortho nitro benzene ring substituents is 1. The molecule has 28 heavy (non-hydrogen) atoms. The van der Waals surface area contributed by atoms with Crippen molar-refractivity contribution in [3.8, 4) is 0 Å². The molecule has 0 aliphatic heterocycles. The number of aromatic amines is 1. The summed E-state index contributed by atoms with van der Waals surface area (Å²) in [6.45, 7) is 0. The summed E-state index contributed by atoms with van der Waals surface area (Å²) in [6.07, 6.45) is 3.22. The number of halogens is 1. The zero-order chi connectivity index (χ0) is 19.2. The number of nitrogens with one attached hydrogen (secondary N) is 2. The van der Waals surface area contributed by atoms with Crippen LogP contribution in [0.3, 0.4) is 0 Å². The first-order valence-corrected chi connectivity index (χ1v) is 8.83. The number of thioether (sulfide) groups is 1. The maximum Gasteiger partial charge on any atom is 0.270 e. The highest BCUT2D eigenvalue weighted by atomic mass is 35.5. The first-order valence-electron chi connectivity index (χ1n) is 7.85. The molecule has 1 aromatic heterocycles. The molecule has 8 nitrogen and oxygen atoms in total. The van der Waals surface area contributed by atoms with Crippen molar-refractivity contribution in [3.05, 3.63) is 82.2 Å². The second kappa shape index (κ2) is 9.67. The fourth-order valence-corrected chi connectivity index (χ4v) is 2.96. The van der Waals surface area contributed by atoms with Crippen LogP contribution in [0.25, 0.3) is 0 Å². The number of carbonyl (C=O) groups is 2. The van der Waals surface area contributed by atoms with Crippen LogP contribution >= 0.6 is 24.2 Å². The predicted octanol–water partition coefficient (Wildman–Crippen LogP) is 3.70. The number of hydrogen-bond donors (Lipinski definition) is 2. The van der Waals surface area contributed by atoms with Crippen molar-refractivity contribution in [1.29, 1.82) is 0 Å². The Morgan fingerprint density at radius 1 is 1.18 bits per heavy atom. The van der Waals surface area contributed by atoms with E-state index < -0.39 is 10.7 Å². The second-order valence-corrected chi connectivity index (χ2v) is 6.38. The number of nitro benzene ring substituents is 1. The molecule has 0 atom stereocenters. The highest BCUT2D eigenvalue weighted by Gasteiger charge is 2.19. The van der Waals surface area contributed by atoms with E-state index in [1.807, 2.05) is 0 Å². The van der Waals surface area contributed by atoms with E-state index in [-0.39, 0.29) is 41.0 Å². The van der Waals surface area contributed by atoms with Crippen molar-refractivity contribution in [3.63, 3.8) is 0 Å². The molecular weight excluding hydrogens is 404 g/mol. The maximum atomic E-state index is 12.8. The number of carbonyl (C=O) groups excluding carboxylic acids is 2. The summed E-state index contributed by atoms with van der Waals surface area (Å²) in [7, 11) is 0. The molecule has 0 saturated carbocycles. The Balaban J connectivity index is 0.00000280. The van der Waals surface area contributed by atoms with Gasteiger partial charge in [0.15, 0.2) is 10.9 Å². The Labute approximate surface area is 170 Å².